The predicted octanol–water partition coefficient (Wildman–Crippen LogP) is -0.328. The molecule has 0 aliphatic carbocycles. The lowest BCUT2D eigenvalue weighted by atomic mass is 10.5. The molecular weight excluding hydrogens is 346 g/mol. The minimum atomic E-state index is -3.71. The summed E-state index contributed by atoms with van der Waals surface area (Å²) < 4.78 is 50.0. The smallest absolute Gasteiger partial charge is 0.242 e. The second kappa shape index (κ2) is 6.06. The highest BCUT2D eigenvalue weighted by Crippen LogP contribution is 2.10. The molecule has 10 heteroatoms. The molecule has 0 fully saturated rings. The van der Waals surface area contributed by atoms with E-state index in [1.807, 2.05) is 0 Å². The summed E-state index contributed by atoms with van der Waals surface area (Å²) in [5.74, 6) is 0. The van der Waals surface area contributed by atoms with Gasteiger partial charge in [-0.25, -0.2) is 31.3 Å². The predicted molar refractivity (Wildman–Crippen MR) is 70.0 cm³/mol. The van der Waals surface area contributed by atoms with Gasteiger partial charge in [0.15, 0.2) is 5.03 Å². The molecule has 2 N–H and O–H groups in total. The average Bonchev–Trinajstić information content (AvgIpc) is 2.24. The van der Waals surface area contributed by atoms with Crippen LogP contribution >= 0.6 is 15.9 Å². The van der Waals surface area contributed by atoms with Crippen LogP contribution in [0.15, 0.2) is 27.8 Å². The number of rotatable bonds is 6. The molecule has 1 heterocycles. The zero-order chi connectivity index (χ0) is 13.8. The van der Waals surface area contributed by atoms with E-state index in [0.717, 1.165) is 6.26 Å². The lowest BCUT2D eigenvalue weighted by Gasteiger charge is -2.06. The van der Waals surface area contributed by atoms with Crippen molar-refractivity contribution >= 4 is 36.0 Å². The van der Waals surface area contributed by atoms with E-state index in [1.165, 1.54) is 12.3 Å². The summed E-state index contributed by atoms with van der Waals surface area (Å²) in [6.07, 6.45) is 2.36. The second-order valence-electron chi connectivity index (χ2n) is 3.38. The highest BCUT2D eigenvalue weighted by molar-refractivity contribution is 9.10. The number of hydrogen-bond acceptors (Lipinski definition) is 5. The molecule has 18 heavy (non-hydrogen) atoms. The van der Waals surface area contributed by atoms with Crippen molar-refractivity contribution < 1.29 is 16.8 Å². The largest absolute Gasteiger partial charge is 0.258 e. The minimum Gasteiger partial charge on any atom is -0.242 e. The first-order valence-electron chi connectivity index (χ1n) is 4.76. The van der Waals surface area contributed by atoms with Gasteiger partial charge in [0.25, 0.3) is 10.0 Å². The van der Waals surface area contributed by atoms with Crippen LogP contribution < -0.4 is 9.44 Å². The van der Waals surface area contributed by atoms with Gasteiger partial charge >= 0.3 is 0 Å². The van der Waals surface area contributed by atoms with Crippen molar-refractivity contribution in [2.75, 3.05) is 19.3 Å². The van der Waals surface area contributed by atoms with E-state index in [0.29, 0.717) is 4.47 Å². The maximum Gasteiger partial charge on any atom is 0.258 e. The molecule has 0 radical (unpaired) electrons. The number of halogens is 1. The van der Waals surface area contributed by atoms with Crippen LogP contribution in [-0.4, -0.2) is 41.2 Å². The quantitative estimate of drug-likeness (QED) is 0.678. The number of hydrogen-bond donors (Lipinski definition) is 2. The highest BCUT2D eigenvalue weighted by Gasteiger charge is 2.14. The third-order valence-corrected chi connectivity index (χ3v) is 4.33. The molecule has 102 valence electrons. The van der Waals surface area contributed by atoms with Gasteiger partial charge in [0, 0.05) is 23.8 Å². The lowest BCUT2D eigenvalue weighted by Crippen LogP contribution is -2.34. The molecule has 0 spiro atoms. The van der Waals surface area contributed by atoms with Crippen LogP contribution in [0.25, 0.3) is 0 Å². The Morgan fingerprint density at radius 3 is 2.28 bits per heavy atom. The summed E-state index contributed by atoms with van der Waals surface area (Å²) in [5, 5.41) is -0.120. The molecule has 0 atom stereocenters. The number of pyridine rings is 1. The maximum atomic E-state index is 11.7. The molecule has 0 aliphatic heterocycles. The number of nitrogens with one attached hydrogen (secondary N) is 2. The monoisotopic (exact) mass is 357 g/mol. The summed E-state index contributed by atoms with van der Waals surface area (Å²) in [5.41, 5.74) is 0. The fourth-order valence-electron chi connectivity index (χ4n) is 1.02. The molecule has 1 aromatic rings. The Hall–Kier alpha value is -0.550. The van der Waals surface area contributed by atoms with Gasteiger partial charge in [-0.1, -0.05) is 0 Å². The van der Waals surface area contributed by atoms with Gasteiger partial charge in [0.2, 0.25) is 10.0 Å². The van der Waals surface area contributed by atoms with Crippen molar-refractivity contribution in [2.45, 2.75) is 5.03 Å². The topological polar surface area (TPSA) is 105 Å². The van der Waals surface area contributed by atoms with Crippen molar-refractivity contribution in [1.29, 1.82) is 0 Å². The zero-order valence-electron chi connectivity index (χ0n) is 9.42. The molecule has 7 nitrogen and oxygen atoms in total. The summed E-state index contributed by atoms with van der Waals surface area (Å²) in [7, 11) is -7.03. The van der Waals surface area contributed by atoms with Gasteiger partial charge in [0.1, 0.15) is 0 Å². The maximum absolute atomic E-state index is 11.7. The first-order chi connectivity index (χ1) is 8.21. The van der Waals surface area contributed by atoms with E-state index in [4.69, 9.17) is 0 Å². The number of aromatic nitrogens is 1. The normalized spacial score (nSPS) is 12.6. The summed E-state index contributed by atoms with van der Waals surface area (Å²) >= 11 is 3.14. The molecule has 0 aromatic carbocycles. The fraction of sp³-hybridized carbons (Fsp3) is 0.375. The van der Waals surface area contributed by atoms with Crippen molar-refractivity contribution in [1.82, 2.24) is 14.4 Å². The summed E-state index contributed by atoms with van der Waals surface area (Å²) in [6.45, 7) is -0.0677. The number of nitrogens with zero attached hydrogens (tertiary/aromatic N) is 1. The third-order valence-electron chi connectivity index (χ3n) is 1.76. The Morgan fingerprint density at radius 1 is 1.17 bits per heavy atom. The second-order valence-corrected chi connectivity index (χ2v) is 7.84. The van der Waals surface area contributed by atoms with E-state index in [9.17, 15) is 16.8 Å². The zero-order valence-corrected chi connectivity index (χ0v) is 12.6. The van der Waals surface area contributed by atoms with Crippen molar-refractivity contribution in [2.24, 2.45) is 0 Å². The lowest BCUT2D eigenvalue weighted by molar-refractivity contribution is 0.570. The Bertz CT molecular complexity index is 598. The van der Waals surface area contributed by atoms with Crippen molar-refractivity contribution in [3.8, 4) is 0 Å². The van der Waals surface area contributed by atoms with Gasteiger partial charge in [-0.2, -0.15) is 0 Å². The molecule has 0 aliphatic rings. The molecule has 0 bridgehead atoms. The van der Waals surface area contributed by atoms with Crippen LogP contribution in [0.2, 0.25) is 0 Å². The molecule has 1 rings (SSSR count). The molecule has 0 saturated heterocycles. The van der Waals surface area contributed by atoms with Gasteiger partial charge in [-0.15, -0.1) is 0 Å². The van der Waals surface area contributed by atoms with E-state index < -0.39 is 20.0 Å². The molecular formula is C8H12BrN3O4S2. The standard InChI is InChI=1S/C8H12BrN3O4S2/c1-17(13,14)11-4-5-12-18(15,16)8-3-2-7(9)6-10-8/h2-3,6,11-12H,4-5H2,1H3. The Balaban J connectivity index is 2.58. The highest BCUT2D eigenvalue weighted by atomic mass is 79.9. The fourth-order valence-corrected chi connectivity index (χ4v) is 2.68. The van der Waals surface area contributed by atoms with Crippen LogP contribution in [0.5, 0.6) is 0 Å². The van der Waals surface area contributed by atoms with Gasteiger partial charge < -0.3 is 0 Å². The Kier molecular flexibility index (Phi) is 5.22. The summed E-state index contributed by atoms with van der Waals surface area (Å²) in [6, 6.07) is 2.90. The van der Waals surface area contributed by atoms with Crippen LogP contribution in [0.3, 0.4) is 0 Å². The van der Waals surface area contributed by atoms with Gasteiger partial charge in [-0.3, -0.25) is 0 Å². The third kappa shape index (κ3) is 5.40. The molecule has 0 unspecified atom stereocenters. The van der Waals surface area contributed by atoms with Crippen LogP contribution in [0.4, 0.5) is 0 Å². The first-order valence-corrected chi connectivity index (χ1v) is 8.93. The van der Waals surface area contributed by atoms with Crippen LogP contribution in [0.1, 0.15) is 0 Å². The summed E-state index contributed by atoms with van der Waals surface area (Å²) in [4.78, 5) is 3.74. The van der Waals surface area contributed by atoms with E-state index >= 15 is 0 Å². The van der Waals surface area contributed by atoms with E-state index in [-0.39, 0.29) is 18.1 Å². The van der Waals surface area contributed by atoms with Crippen LogP contribution in [-0.2, 0) is 20.0 Å². The molecule has 1 aromatic heterocycles. The number of sulfonamides is 2. The average molecular weight is 358 g/mol. The minimum absolute atomic E-state index is 0.0193. The van der Waals surface area contributed by atoms with Crippen molar-refractivity contribution in [3.05, 3.63) is 22.8 Å². The first kappa shape index (κ1) is 15.5. The molecule has 0 amide bonds. The van der Waals surface area contributed by atoms with Crippen LogP contribution in [0, 0.1) is 0 Å². The Labute approximate surface area is 114 Å². The Morgan fingerprint density at radius 2 is 1.78 bits per heavy atom. The molecule has 0 saturated carbocycles. The van der Waals surface area contributed by atoms with E-state index in [1.54, 1.807) is 6.07 Å². The van der Waals surface area contributed by atoms with E-state index in [2.05, 4.69) is 30.4 Å². The van der Waals surface area contributed by atoms with Gasteiger partial charge in [-0.05, 0) is 28.1 Å². The van der Waals surface area contributed by atoms with Crippen molar-refractivity contribution in [3.63, 3.8) is 0 Å². The van der Waals surface area contributed by atoms with Gasteiger partial charge in [0.05, 0.1) is 6.26 Å². The SMILES string of the molecule is CS(=O)(=O)NCCNS(=O)(=O)c1ccc(Br)cn1.